The predicted octanol–water partition coefficient (Wildman–Crippen LogP) is 4.08. The van der Waals surface area contributed by atoms with E-state index >= 15 is 0 Å². The average Bonchev–Trinajstić information content (AvgIpc) is 1.75. The molecule has 0 aliphatic heterocycles. The molecule has 15 heavy (non-hydrogen) atoms. The average molecular weight is 260 g/mol. The molecule has 0 N–H and O–H groups in total. The van der Waals surface area contributed by atoms with E-state index in [1.165, 1.54) is 0 Å². The minimum atomic E-state index is -1.36. The third-order valence-electron chi connectivity index (χ3n) is 1.83. The molecule has 88 valence electrons. The summed E-state index contributed by atoms with van der Waals surface area (Å²) in [4.78, 5) is 0. The number of nitrogens with zero attached hydrogens (tertiary/aromatic N) is 2. The van der Waals surface area contributed by atoms with Crippen LogP contribution in [0.4, 0.5) is 0 Å². The van der Waals surface area contributed by atoms with E-state index in [9.17, 15) is 0 Å². The van der Waals surface area contributed by atoms with Crippen molar-refractivity contribution in [2.24, 2.45) is 0 Å². The van der Waals surface area contributed by atoms with Gasteiger partial charge in [0.05, 0.1) is 0 Å². The first kappa shape index (κ1) is 14.9. The third kappa shape index (κ3) is 6.18. The standard InChI is InChI=1S/C10H27N2Si3/c1-13(2,3)11-10-12(14(4,5)6)15(7,8)9/h1-9H3/q+1. The molecule has 0 rings (SSSR count). The molecule has 0 fully saturated rings. The Morgan fingerprint density at radius 3 is 1.27 bits per heavy atom. The van der Waals surface area contributed by atoms with Crippen molar-refractivity contribution in [2.75, 3.05) is 0 Å². The van der Waals surface area contributed by atoms with Crippen LogP contribution in [0.1, 0.15) is 0 Å². The molecule has 0 unspecified atom stereocenters. The zero-order valence-electron chi connectivity index (χ0n) is 11.9. The lowest BCUT2D eigenvalue weighted by Gasteiger charge is -2.32. The van der Waals surface area contributed by atoms with Gasteiger partial charge in [-0.1, -0.05) is 0 Å². The molecule has 0 saturated heterocycles. The van der Waals surface area contributed by atoms with Crippen LogP contribution in [0.25, 0.3) is 4.51 Å². The summed E-state index contributed by atoms with van der Waals surface area (Å²) >= 11 is 0. The van der Waals surface area contributed by atoms with Crippen molar-refractivity contribution in [1.29, 1.82) is 0 Å². The minimum Gasteiger partial charge on any atom is -0.310 e. The van der Waals surface area contributed by atoms with Crippen molar-refractivity contribution < 1.29 is 0 Å². The lowest BCUT2D eigenvalue weighted by atomic mass is 11.5. The van der Waals surface area contributed by atoms with Crippen LogP contribution in [0.15, 0.2) is 0 Å². The number of hydrogen-bond donors (Lipinski definition) is 0. The van der Waals surface area contributed by atoms with Crippen molar-refractivity contribution in [3.63, 3.8) is 0 Å². The maximum Gasteiger partial charge on any atom is 0.377 e. The smallest absolute Gasteiger partial charge is 0.310 e. The van der Waals surface area contributed by atoms with Crippen molar-refractivity contribution in [3.05, 3.63) is 4.51 Å². The molecule has 5 heteroatoms. The van der Waals surface area contributed by atoms with Crippen molar-refractivity contribution in [2.45, 2.75) is 58.9 Å². The normalized spacial score (nSPS) is 13.1. The third-order valence-corrected chi connectivity index (χ3v) is 9.51. The van der Waals surface area contributed by atoms with E-state index in [1.54, 1.807) is 0 Å². The molecule has 0 bridgehead atoms. The van der Waals surface area contributed by atoms with Gasteiger partial charge in [0.15, 0.2) is 0 Å². The summed E-state index contributed by atoms with van der Waals surface area (Å²) in [6.07, 6.45) is 3.38. The Bertz CT molecular complexity index is 256. The van der Waals surface area contributed by atoms with Crippen LogP contribution in [-0.2, 0) is 0 Å². The second kappa shape index (κ2) is 4.44. The quantitative estimate of drug-likeness (QED) is 0.412. The molecule has 0 saturated carbocycles. The van der Waals surface area contributed by atoms with E-state index < -0.39 is 24.7 Å². The van der Waals surface area contributed by atoms with Crippen LogP contribution < -0.4 is 0 Å². The summed E-state index contributed by atoms with van der Waals surface area (Å²) in [6, 6.07) is 0. The van der Waals surface area contributed by atoms with E-state index in [0.717, 1.165) is 0 Å². The summed E-state index contributed by atoms with van der Waals surface area (Å²) in [5, 5.41) is 0. The number of hydrogen-bond acceptors (Lipinski definition) is 1. The Kier molecular flexibility index (Phi) is 4.42. The van der Waals surface area contributed by atoms with Gasteiger partial charge in [-0.25, -0.2) is 0 Å². The summed E-state index contributed by atoms with van der Waals surface area (Å²) in [6.45, 7) is 21.0. The van der Waals surface area contributed by atoms with Crippen LogP contribution in [0.5, 0.6) is 0 Å². The highest BCUT2D eigenvalue weighted by atomic mass is 28.4. The minimum absolute atomic E-state index is 1.31. The van der Waals surface area contributed by atoms with E-state index in [0.29, 0.717) is 0 Å². The van der Waals surface area contributed by atoms with E-state index in [1.807, 2.05) is 0 Å². The fourth-order valence-electron chi connectivity index (χ4n) is 1.51. The van der Waals surface area contributed by atoms with Gasteiger partial charge < -0.3 is 4.23 Å². The Morgan fingerprint density at radius 2 is 1.07 bits per heavy atom. The van der Waals surface area contributed by atoms with Crippen molar-refractivity contribution in [3.8, 4) is 6.19 Å². The molecule has 0 aliphatic rings. The molecule has 0 radical (unpaired) electrons. The van der Waals surface area contributed by atoms with Crippen LogP contribution in [0.2, 0.25) is 58.9 Å². The largest absolute Gasteiger partial charge is 0.377 e. The van der Waals surface area contributed by atoms with Gasteiger partial charge in [-0.2, -0.15) is 0 Å². The zero-order chi connectivity index (χ0) is 12.5. The summed E-state index contributed by atoms with van der Waals surface area (Å²) in [5.74, 6) is 0. The van der Waals surface area contributed by atoms with Gasteiger partial charge in [-0.15, -0.1) is 0 Å². The maximum absolute atomic E-state index is 4.67. The predicted molar refractivity (Wildman–Crippen MR) is 79.1 cm³/mol. The van der Waals surface area contributed by atoms with Crippen molar-refractivity contribution >= 4 is 24.7 Å². The highest BCUT2D eigenvalue weighted by Gasteiger charge is 2.41. The highest BCUT2D eigenvalue weighted by Crippen LogP contribution is 2.19. The van der Waals surface area contributed by atoms with Crippen LogP contribution in [-0.4, -0.2) is 28.9 Å². The van der Waals surface area contributed by atoms with Gasteiger partial charge in [-0.05, 0) is 58.9 Å². The lowest BCUT2D eigenvalue weighted by Crippen LogP contribution is -2.56. The summed E-state index contributed by atoms with van der Waals surface area (Å²) < 4.78 is 7.17. The SMILES string of the molecule is C[Si](C)(C)[N+]#CN([Si](C)(C)C)[Si](C)(C)C. The van der Waals surface area contributed by atoms with Gasteiger partial charge in [-0.3, -0.25) is 4.51 Å². The molecule has 0 spiro atoms. The molecule has 2 nitrogen and oxygen atoms in total. The second-order valence-corrected chi connectivity index (χ2v) is 21.6. The molecule has 0 aromatic carbocycles. The fourth-order valence-corrected chi connectivity index (χ4v) is 10.9. The van der Waals surface area contributed by atoms with Gasteiger partial charge in [0.25, 0.3) is 0 Å². The molecular formula is C10H27N2Si3+. The molecule has 0 heterocycles. The van der Waals surface area contributed by atoms with Gasteiger partial charge >= 0.3 is 14.4 Å². The first-order valence-electron chi connectivity index (χ1n) is 5.62. The Balaban J connectivity index is 5.07. The van der Waals surface area contributed by atoms with Crippen LogP contribution in [0, 0.1) is 6.19 Å². The topological polar surface area (TPSA) is 7.60 Å². The fraction of sp³-hybridized carbons (Fsp3) is 0.900. The van der Waals surface area contributed by atoms with E-state index in [2.05, 4.69) is 73.9 Å². The molecule has 0 aromatic rings. The van der Waals surface area contributed by atoms with E-state index in [-0.39, 0.29) is 0 Å². The molecule has 0 atom stereocenters. The van der Waals surface area contributed by atoms with Gasteiger partial charge in [0.2, 0.25) is 16.5 Å². The molecule has 0 aromatic heterocycles. The maximum atomic E-state index is 4.67. The van der Waals surface area contributed by atoms with Crippen LogP contribution >= 0.6 is 0 Å². The van der Waals surface area contributed by atoms with Gasteiger partial charge in [0.1, 0.15) is 0 Å². The number of rotatable bonds is 2. The summed E-state index contributed by atoms with van der Waals surface area (Å²) in [7, 11) is -3.98. The molecule has 0 aliphatic carbocycles. The summed E-state index contributed by atoms with van der Waals surface area (Å²) in [5.41, 5.74) is 0. The molecule has 0 amide bonds. The van der Waals surface area contributed by atoms with Gasteiger partial charge in [0, 0.05) is 0 Å². The molecular weight excluding hydrogens is 232 g/mol. The Morgan fingerprint density at radius 1 is 0.733 bits per heavy atom. The second-order valence-electron chi connectivity index (χ2n) is 7.06. The highest BCUT2D eigenvalue weighted by molar-refractivity contribution is 6.90. The Labute approximate surface area is 98.8 Å². The lowest BCUT2D eigenvalue weighted by molar-refractivity contribution is 0.873. The monoisotopic (exact) mass is 259 g/mol. The first-order chi connectivity index (χ1) is 6.34. The van der Waals surface area contributed by atoms with Crippen LogP contribution in [0.3, 0.4) is 0 Å². The zero-order valence-corrected chi connectivity index (χ0v) is 14.9. The first-order valence-corrected chi connectivity index (χ1v) is 16.0. The van der Waals surface area contributed by atoms with Crippen molar-refractivity contribution in [1.82, 2.24) is 4.23 Å². The van der Waals surface area contributed by atoms with E-state index in [4.69, 9.17) is 0 Å². The Hall–Kier alpha value is -0.0594.